The van der Waals surface area contributed by atoms with Crippen molar-refractivity contribution in [2.24, 2.45) is 5.73 Å². The summed E-state index contributed by atoms with van der Waals surface area (Å²) in [6.07, 6.45) is 2.72. The van der Waals surface area contributed by atoms with Crippen LogP contribution in [0.4, 0.5) is 10.6 Å². The summed E-state index contributed by atoms with van der Waals surface area (Å²) in [5.74, 6) is 0.243. The Morgan fingerprint density at radius 2 is 2.19 bits per heavy atom. The van der Waals surface area contributed by atoms with E-state index in [-0.39, 0.29) is 6.04 Å². The fourth-order valence-electron chi connectivity index (χ4n) is 2.19. The summed E-state index contributed by atoms with van der Waals surface area (Å²) >= 11 is 3.48. The highest BCUT2D eigenvalue weighted by Gasteiger charge is 2.23. The molecule has 0 bridgehead atoms. The molecule has 1 aromatic heterocycles. The minimum atomic E-state index is -0.667. The number of nitrogens with one attached hydrogen (secondary N) is 1. The number of nitrogens with zero attached hydrogens (tertiary/aromatic N) is 2. The molecule has 3 N–H and O–H groups in total. The topological polar surface area (TPSA) is 97.6 Å². The lowest BCUT2D eigenvalue weighted by atomic mass is 10.1. The number of primary amides is 1. The molecule has 8 heteroatoms. The molecule has 0 aromatic carbocycles. The summed E-state index contributed by atoms with van der Waals surface area (Å²) in [6.45, 7) is 1.18. The minimum absolute atomic E-state index is 0.0316. The predicted molar refractivity (Wildman–Crippen MR) is 80.9 cm³/mol. The van der Waals surface area contributed by atoms with Gasteiger partial charge in [-0.3, -0.25) is 4.79 Å². The largest absolute Gasteiger partial charge is 0.439 e. The zero-order valence-electron chi connectivity index (χ0n) is 11.4. The Labute approximate surface area is 131 Å². The van der Waals surface area contributed by atoms with Crippen molar-refractivity contribution in [2.45, 2.75) is 18.9 Å². The van der Waals surface area contributed by atoms with Crippen LogP contribution in [0.25, 0.3) is 0 Å². The van der Waals surface area contributed by atoms with Crippen LogP contribution in [-0.4, -0.2) is 42.7 Å². The van der Waals surface area contributed by atoms with Gasteiger partial charge in [-0.1, -0.05) is 0 Å². The average Bonchev–Trinajstić information content (AvgIpc) is 2.47. The Morgan fingerprint density at radius 3 is 2.81 bits per heavy atom. The maximum absolute atomic E-state index is 11.4. The van der Waals surface area contributed by atoms with E-state index in [1.165, 1.54) is 0 Å². The second kappa shape index (κ2) is 7.26. The van der Waals surface area contributed by atoms with Gasteiger partial charge >= 0.3 is 6.09 Å². The summed E-state index contributed by atoms with van der Waals surface area (Å²) < 4.78 is 5.63. The van der Waals surface area contributed by atoms with Gasteiger partial charge < -0.3 is 20.7 Å². The van der Waals surface area contributed by atoms with Crippen molar-refractivity contribution in [3.63, 3.8) is 0 Å². The molecular formula is C13H17BrN4O3. The second-order valence-electron chi connectivity index (χ2n) is 4.76. The van der Waals surface area contributed by atoms with Crippen LogP contribution < -0.4 is 16.0 Å². The lowest BCUT2D eigenvalue weighted by Gasteiger charge is -2.33. The molecule has 1 aliphatic rings. The molecule has 1 aromatic rings. The zero-order valence-corrected chi connectivity index (χ0v) is 13.0. The molecule has 0 saturated carbocycles. The minimum Gasteiger partial charge on any atom is -0.439 e. The van der Waals surface area contributed by atoms with E-state index in [1.54, 1.807) is 6.20 Å². The van der Waals surface area contributed by atoms with Crippen molar-refractivity contribution in [1.82, 2.24) is 10.3 Å². The Morgan fingerprint density at radius 1 is 1.48 bits per heavy atom. The highest BCUT2D eigenvalue weighted by Crippen LogP contribution is 2.25. The summed E-state index contributed by atoms with van der Waals surface area (Å²) in [5, 5.41) is 2.73. The van der Waals surface area contributed by atoms with Crippen LogP contribution in [0.3, 0.4) is 0 Å². The van der Waals surface area contributed by atoms with Crippen LogP contribution in [0.5, 0.6) is 0 Å². The van der Waals surface area contributed by atoms with Crippen LogP contribution in [0, 0.1) is 0 Å². The van der Waals surface area contributed by atoms with Gasteiger partial charge in [-0.15, -0.1) is 0 Å². The van der Waals surface area contributed by atoms with Crippen molar-refractivity contribution in [3.8, 4) is 0 Å². The third-order valence-electron chi connectivity index (χ3n) is 3.20. The van der Waals surface area contributed by atoms with Gasteiger partial charge in [-0.2, -0.15) is 0 Å². The Kier molecular flexibility index (Phi) is 5.38. The first-order valence-electron chi connectivity index (χ1n) is 6.63. The van der Waals surface area contributed by atoms with Crippen LogP contribution in [0.1, 0.15) is 12.8 Å². The normalized spacial score (nSPS) is 15.6. The van der Waals surface area contributed by atoms with Crippen LogP contribution in [0.2, 0.25) is 0 Å². The van der Waals surface area contributed by atoms with E-state index >= 15 is 0 Å². The molecule has 2 heterocycles. The SMILES string of the molecule is NC(=O)COC(=O)NC1CCN(c2ncccc2Br)CC1. The first kappa shape index (κ1) is 15.6. The van der Waals surface area contributed by atoms with Gasteiger partial charge in [0.25, 0.3) is 5.91 Å². The van der Waals surface area contributed by atoms with E-state index in [4.69, 9.17) is 5.73 Å². The van der Waals surface area contributed by atoms with E-state index < -0.39 is 18.6 Å². The van der Waals surface area contributed by atoms with Crippen LogP contribution in [-0.2, 0) is 9.53 Å². The number of carbonyl (C=O) groups is 2. The van der Waals surface area contributed by atoms with E-state index in [2.05, 4.69) is 35.9 Å². The molecule has 0 atom stereocenters. The zero-order chi connectivity index (χ0) is 15.2. The number of anilines is 1. The molecule has 2 amide bonds. The van der Waals surface area contributed by atoms with Crippen LogP contribution >= 0.6 is 15.9 Å². The number of aromatic nitrogens is 1. The van der Waals surface area contributed by atoms with Gasteiger partial charge in [-0.25, -0.2) is 9.78 Å². The molecule has 114 valence electrons. The molecule has 1 aliphatic heterocycles. The van der Waals surface area contributed by atoms with E-state index in [0.717, 1.165) is 36.2 Å². The van der Waals surface area contributed by atoms with E-state index in [1.807, 2.05) is 12.1 Å². The average molecular weight is 357 g/mol. The molecule has 21 heavy (non-hydrogen) atoms. The van der Waals surface area contributed by atoms with E-state index in [0.29, 0.717) is 0 Å². The van der Waals surface area contributed by atoms with Crippen molar-refractivity contribution >= 4 is 33.7 Å². The number of hydrogen-bond acceptors (Lipinski definition) is 5. The monoisotopic (exact) mass is 356 g/mol. The first-order valence-corrected chi connectivity index (χ1v) is 7.42. The maximum atomic E-state index is 11.4. The number of carbonyl (C=O) groups excluding carboxylic acids is 2. The number of piperidine rings is 1. The van der Waals surface area contributed by atoms with Gasteiger partial charge in [0, 0.05) is 25.3 Å². The highest BCUT2D eigenvalue weighted by molar-refractivity contribution is 9.10. The third-order valence-corrected chi connectivity index (χ3v) is 3.82. The summed E-state index contributed by atoms with van der Waals surface area (Å²) in [4.78, 5) is 28.5. The number of pyridine rings is 1. The lowest BCUT2D eigenvalue weighted by molar-refractivity contribution is -0.120. The Bertz CT molecular complexity index is 518. The van der Waals surface area contributed by atoms with Gasteiger partial charge in [0.1, 0.15) is 5.82 Å². The fraction of sp³-hybridized carbons (Fsp3) is 0.462. The number of ether oxygens (including phenoxy) is 1. The number of hydrogen-bond donors (Lipinski definition) is 2. The fourth-order valence-corrected chi connectivity index (χ4v) is 2.70. The number of halogens is 1. The number of amides is 2. The second-order valence-corrected chi connectivity index (χ2v) is 5.61. The first-order chi connectivity index (χ1) is 10.1. The molecule has 2 rings (SSSR count). The van der Waals surface area contributed by atoms with Crippen molar-refractivity contribution < 1.29 is 14.3 Å². The Balaban J connectivity index is 1.79. The van der Waals surface area contributed by atoms with Crippen molar-refractivity contribution in [1.29, 1.82) is 0 Å². The molecule has 0 unspecified atom stereocenters. The lowest BCUT2D eigenvalue weighted by Crippen LogP contribution is -2.45. The standard InChI is InChI=1S/C13H17BrN4O3/c14-10-2-1-5-16-12(10)18-6-3-9(4-7-18)17-13(20)21-8-11(15)19/h1-2,5,9H,3-4,6-8H2,(H2,15,19)(H,17,20). The molecule has 0 spiro atoms. The number of rotatable bonds is 4. The Hall–Kier alpha value is -1.83. The number of nitrogens with two attached hydrogens (primary N) is 1. The van der Waals surface area contributed by atoms with Gasteiger partial charge in [0.15, 0.2) is 6.61 Å². The molecule has 1 saturated heterocycles. The highest BCUT2D eigenvalue weighted by atomic mass is 79.9. The predicted octanol–water partition coefficient (Wildman–Crippen LogP) is 1.02. The van der Waals surface area contributed by atoms with E-state index in [9.17, 15) is 9.59 Å². The molecule has 7 nitrogen and oxygen atoms in total. The molecular weight excluding hydrogens is 340 g/mol. The van der Waals surface area contributed by atoms with Gasteiger partial charge in [0.05, 0.1) is 4.47 Å². The summed E-state index contributed by atoms with van der Waals surface area (Å²) in [7, 11) is 0. The molecule has 1 fully saturated rings. The maximum Gasteiger partial charge on any atom is 0.407 e. The molecule has 0 radical (unpaired) electrons. The van der Waals surface area contributed by atoms with Crippen molar-refractivity contribution in [3.05, 3.63) is 22.8 Å². The van der Waals surface area contributed by atoms with Gasteiger partial charge in [-0.05, 0) is 40.9 Å². The van der Waals surface area contributed by atoms with Crippen molar-refractivity contribution in [2.75, 3.05) is 24.6 Å². The van der Waals surface area contributed by atoms with Crippen LogP contribution in [0.15, 0.2) is 22.8 Å². The smallest absolute Gasteiger partial charge is 0.407 e. The third kappa shape index (κ3) is 4.59. The summed E-state index contributed by atoms with van der Waals surface area (Å²) in [6, 6.07) is 3.86. The quantitative estimate of drug-likeness (QED) is 0.839. The summed E-state index contributed by atoms with van der Waals surface area (Å²) in [5.41, 5.74) is 4.91. The molecule has 0 aliphatic carbocycles. The number of alkyl carbamates (subject to hydrolysis) is 1. The van der Waals surface area contributed by atoms with Gasteiger partial charge in [0.2, 0.25) is 0 Å².